The highest BCUT2D eigenvalue weighted by molar-refractivity contribution is 5.96. The van der Waals surface area contributed by atoms with E-state index in [4.69, 9.17) is 17.2 Å². The number of hydrogen-bond acceptors (Lipinski definition) is 8. The van der Waals surface area contributed by atoms with Crippen LogP contribution in [0.1, 0.15) is 71.4 Å². The van der Waals surface area contributed by atoms with Crippen molar-refractivity contribution in [2.75, 3.05) is 6.54 Å². The summed E-state index contributed by atoms with van der Waals surface area (Å²) in [6.45, 7) is 9.20. The highest BCUT2D eigenvalue weighted by Crippen LogP contribution is 2.12. The van der Waals surface area contributed by atoms with Crippen molar-refractivity contribution in [3.8, 4) is 0 Å². The third-order valence-corrected chi connectivity index (χ3v) is 8.44. The van der Waals surface area contributed by atoms with E-state index in [0.29, 0.717) is 25.8 Å². The van der Waals surface area contributed by atoms with E-state index in [-0.39, 0.29) is 25.2 Å². The lowest BCUT2D eigenvalue weighted by Gasteiger charge is -2.29. The lowest BCUT2D eigenvalue weighted by atomic mass is 9.98. The van der Waals surface area contributed by atoms with Crippen LogP contribution in [0.5, 0.6) is 0 Å². The molecule has 0 aliphatic heterocycles. The molecule has 0 bridgehead atoms. The first-order valence-electron chi connectivity index (χ1n) is 18.0. The standard InChI is InChI=1S/C38H58N8O6/c1-23(2)20-29(35(49)42-28(33(41)47)18-12-13-19-39)45-38(52)32(24(3)4)46-37(51)31(22-27-16-10-7-11-17-27)44-36(50)30(43-34(48)25(5)40)21-26-14-8-6-9-15-26/h6-11,14-17,23-25,28-32H,12-13,18-22,39-40H2,1-5H3,(H2,41,47)(H,42,49)(H,43,48)(H,44,50)(H,45,52)(H,46,51)/t25-,28-,29-,30-,31-,32-/m0/s1. The zero-order valence-electron chi connectivity index (χ0n) is 31.0. The molecule has 2 rings (SSSR count). The Morgan fingerprint density at radius 3 is 1.46 bits per heavy atom. The second-order valence-electron chi connectivity index (χ2n) is 14.0. The van der Waals surface area contributed by atoms with Crippen molar-refractivity contribution in [3.63, 3.8) is 0 Å². The number of nitrogens with one attached hydrogen (secondary N) is 5. The molecule has 14 heteroatoms. The second kappa shape index (κ2) is 22.2. The van der Waals surface area contributed by atoms with E-state index in [0.717, 1.165) is 11.1 Å². The van der Waals surface area contributed by atoms with Crippen LogP contribution >= 0.6 is 0 Å². The Balaban J connectivity index is 2.33. The Morgan fingerprint density at radius 2 is 1.02 bits per heavy atom. The van der Waals surface area contributed by atoms with Crippen LogP contribution < -0.4 is 43.8 Å². The summed E-state index contributed by atoms with van der Waals surface area (Å²) in [6, 6.07) is 12.0. The van der Waals surface area contributed by atoms with Crippen molar-refractivity contribution in [2.45, 2.75) is 109 Å². The minimum atomic E-state index is -1.14. The number of rotatable bonds is 22. The van der Waals surface area contributed by atoms with E-state index in [2.05, 4.69) is 26.6 Å². The Labute approximate surface area is 307 Å². The summed E-state index contributed by atoms with van der Waals surface area (Å²) >= 11 is 0. The van der Waals surface area contributed by atoms with Gasteiger partial charge in [0.15, 0.2) is 0 Å². The fourth-order valence-electron chi connectivity index (χ4n) is 5.50. The molecule has 0 heterocycles. The Bertz CT molecular complexity index is 1450. The van der Waals surface area contributed by atoms with Gasteiger partial charge in [-0.15, -0.1) is 0 Å². The van der Waals surface area contributed by atoms with Gasteiger partial charge in [0.25, 0.3) is 0 Å². The summed E-state index contributed by atoms with van der Waals surface area (Å²) in [6.07, 6.45) is 2.03. The summed E-state index contributed by atoms with van der Waals surface area (Å²) in [5.74, 6) is -4.09. The maximum Gasteiger partial charge on any atom is 0.243 e. The molecule has 6 atom stereocenters. The van der Waals surface area contributed by atoms with Crippen LogP contribution in [0.3, 0.4) is 0 Å². The van der Waals surface area contributed by atoms with Crippen molar-refractivity contribution in [1.29, 1.82) is 0 Å². The topological polar surface area (TPSA) is 241 Å². The van der Waals surface area contributed by atoms with Crippen molar-refractivity contribution in [2.24, 2.45) is 29.0 Å². The van der Waals surface area contributed by atoms with Crippen molar-refractivity contribution < 1.29 is 28.8 Å². The number of carbonyl (C=O) groups is 6. The third-order valence-electron chi connectivity index (χ3n) is 8.44. The summed E-state index contributed by atoms with van der Waals surface area (Å²) in [4.78, 5) is 79.7. The Kier molecular flexibility index (Phi) is 18.5. The molecule has 0 aliphatic carbocycles. The maximum atomic E-state index is 14.0. The van der Waals surface area contributed by atoms with Gasteiger partial charge in [-0.05, 0) is 62.1 Å². The first kappa shape index (κ1) is 43.3. The number of amides is 6. The number of primary amides is 1. The highest BCUT2D eigenvalue weighted by atomic mass is 16.2. The molecule has 0 spiro atoms. The van der Waals surface area contributed by atoms with E-state index < -0.39 is 77.6 Å². The van der Waals surface area contributed by atoms with Gasteiger partial charge >= 0.3 is 0 Å². The largest absolute Gasteiger partial charge is 0.368 e. The van der Waals surface area contributed by atoms with Crippen molar-refractivity contribution in [1.82, 2.24) is 26.6 Å². The molecule has 0 fully saturated rings. The smallest absolute Gasteiger partial charge is 0.243 e. The van der Waals surface area contributed by atoms with E-state index in [9.17, 15) is 28.8 Å². The van der Waals surface area contributed by atoms with E-state index in [1.54, 1.807) is 26.0 Å². The van der Waals surface area contributed by atoms with Gasteiger partial charge in [-0.2, -0.15) is 0 Å². The van der Waals surface area contributed by atoms with Crippen LogP contribution in [0.2, 0.25) is 0 Å². The van der Waals surface area contributed by atoms with Gasteiger partial charge < -0.3 is 43.8 Å². The molecule has 2 aromatic rings. The van der Waals surface area contributed by atoms with E-state index >= 15 is 0 Å². The summed E-state index contributed by atoms with van der Waals surface area (Å²) in [5, 5.41) is 13.7. The van der Waals surface area contributed by atoms with E-state index in [1.165, 1.54) is 6.92 Å². The molecule has 0 aliphatic rings. The molecular weight excluding hydrogens is 664 g/mol. The molecule has 11 N–H and O–H groups in total. The molecular formula is C38H58N8O6. The third kappa shape index (κ3) is 15.2. The molecule has 14 nitrogen and oxygen atoms in total. The van der Waals surface area contributed by atoms with Gasteiger partial charge in [0.05, 0.1) is 6.04 Å². The molecule has 0 radical (unpaired) electrons. The summed E-state index contributed by atoms with van der Waals surface area (Å²) in [5.41, 5.74) is 18.4. The lowest BCUT2D eigenvalue weighted by molar-refractivity contribution is -0.135. The van der Waals surface area contributed by atoms with Gasteiger partial charge in [-0.1, -0.05) is 88.4 Å². The molecule has 0 saturated carbocycles. The second-order valence-corrected chi connectivity index (χ2v) is 14.0. The van der Waals surface area contributed by atoms with Crippen LogP contribution in [-0.2, 0) is 41.6 Å². The first-order valence-corrected chi connectivity index (χ1v) is 18.0. The van der Waals surface area contributed by atoms with Crippen molar-refractivity contribution >= 4 is 35.4 Å². The molecule has 52 heavy (non-hydrogen) atoms. The lowest BCUT2D eigenvalue weighted by Crippen LogP contribution is -2.61. The predicted octanol–water partition coefficient (Wildman–Crippen LogP) is 0.559. The molecule has 6 amide bonds. The summed E-state index contributed by atoms with van der Waals surface area (Å²) < 4.78 is 0. The molecule has 0 saturated heterocycles. The van der Waals surface area contributed by atoms with Crippen LogP contribution in [-0.4, -0.2) is 78.2 Å². The van der Waals surface area contributed by atoms with Crippen LogP contribution in [0.25, 0.3) is 0 Å². The minimum absolute atomic E-state index is 0.00976. The van der Waals surface area contributed by atoms with Gasteiger partial charge in [0.2, 0.25) is 35.4 Å². The first-order chi connectivity index (χ1) is 24.6. The molecule has 0 aromatic heterocycles. The van der Waals surface area contributed by atoms with Crippen LogP contribution in [0.15, 0.2) is 60.7 Å². The van der Waals surface area contributed by atoms with Crippen molar-refractivity contribution in [3.05, 3.63) is 71.8 Å². The Morgan fingerprint density at radius 1 is 0.577 bits per heavy atom. The van der Waals surface area contributed by atoms with Crippen LogP contribution in [0, 0.1) is 11.8 Å². The quantitative estimate of drug-likeness (QED) is 0.0797. The van der Waals surface area contributed by atoms with Gasteiger partial charge in [-0.3, -0.25) is 28.8 Å². The zero-order chi connectivity index (χ0) is 38.8. The minimum Gasteiger partial charge on any atom is -0.368 e. The fraction of sp³-hybridized carbons (Fsp3) is 0.526. The van der Waals surface area contributed by atoms with Gasteiger partial charge in [-0.25, -0.2) is 0 Å². The maximum absolute atomic E-state index is 14.0. The average Bonchev–Trinajstić information content (AvgIpc) is 3.09. The molecule has 2 aromatic carbocycles. The van der Waals surface area contributed by atoms with Crippen LogP contribution in [0.4, 0.5) is 0 Å². The summed E-state index contributed by atoms with van der Waals surface area (Å²) in [7, 11) is 0. The average molecular weight is 723 g/mol. The highest BCUT2D eigenvalue weighted by Gasteiger charge is 2.34. The number of hydrogen-bond donors (Lipinski definition) is 8. The number of nitrogens with two attached hydrogens (primary N) is 3. The zero-order valence-corrected chi connectivity index (χ0v) is 31.0. The monoisotopic (exact) mass is 722 g/mol. The number of unbranched alkanes of at least 4 members (excludes halogenated alkanes) is 1. The predicted molar refractivity (Wildman–Crippen MR) is 200 cm³/mol. The fourth-order valence-corrected chi connectivity index (χ4v) is 5.50. The Hall–Kier alpha value is -4.82. The van der Waals surface area contributed by atoms with E-state index in [1.807, 2.05) is 62.4 Å². The number of carbonyl (C=O) groups excluding carboxylic acids is 6. The van der Waals surface area contributed by atoms with Gasteiger partial charge in [0.1, 0.15) is 30.2 Å². The van der Waals surface area contributed by atoms with Gasteiger partial charge in [0, 0.05) is 12.8 Å². The molecule has 0 unspecified atom stereocenters. The number of benzene rings is 2. The SMILES string of the molecule is CC(C)C[C@H](NC(=O)[C@@H](NC(=O)[C@H](Cc1ccccc1)NC(=O)[C@H](Cc1ccccc1)NC(=O)[C@H](C)N)C(C)C)C(=O)N[C@@H](CCCCN)C(N)=O. The normalized spacial score (nSPS) is 14.6. The molecule has 286 valence electrons.